The van der Waals surface area contributed by atoms with Gasteiger partial charge < -0.3 is 9.47 Å². The Bertz CT molecular complexity index is 784. The van der Waals surface area contributed by atoms with Gasteiger partial charge in [-0.25, -0.2) is 0 Å². The Morgan fingerprint density at radius 1 is 1.10 bits per heavy atom. The van der Waals surface area contributed by atoms with E-state index in [-0.39, 0.29) is 24.3 Å². The monoisotopic (exact) mass is 434 g/mol. The lowest BCUT2D eigenvalue weighted by atomic mass is 10.1. The van der Waals surface area contributed by atoms with E-state index in [4.69, 9.17) is 9.47 Å². The molecule has 4 heteroatoms. The van der Waals surface area contributed by atoms with E-state index in [2.05, 4.69) is 79.7 Å². The van der Waals surface area contributed by atoms with Crippen LogP contribution in [-0.2, 0) is 4.74 Å². The van der Waals surface area contributed by atoms with Crippen molar-refractivity contribution in [2.24, 2.45) is 5.92 Å². The van der Waals surface area contributed by atoms with Gasteiger partial charge in [0.05, 0.1) is 0 Å². The lowest BCUT2D eigenvalue weighted by Crippen LogP contribution is -2.31. The standard InChI is InChI=1S/C20H26O2P2.C4H10.CH4/c1-12-8-6-10-14-16(12)23-18(21-14)19-22-15-11-7-9-13(2)17(15)24(19)20(3,4)5;1-4(2)3;/h7,9-11,18-19,23H,6,8H2,1-5H3;4H,1-3H3;1H4. The van der Waals surface area contributed by atoms with Crippen molar-refractivity contribution in [3.8, 4) is 5.75 Å². The second-order valence-electron chi connectivity index (χ2n) is 9.65. The van der Waals surface area contributed by atoms with Crippen LogP contribution in [0.3, 0.4) is 0 Å². The molecule has 1 aliphatic carbocycles. The van der Waals surface area contributed by atoms with E-state index in [1.807, 2.05) is 0 Å². The summed E-state index contributed by atoms with van der Waals surface area (Å²) in [6.07, 6.45) is 4.57. The van der Waals surface area contributed by atoms with Crippen LogP contribution in [0.25, 0.3) is 0 Å². The second-order valence-corrected chi connectivity index (χ2v) is 14.0. The van der Waals surface area contributed by atoms with E-state index >= 15 is 0 Å². The van der Waals surface area contributed by atoms with Crippen LogP contribution >= 0.6 is 16.5 Å². The van der Waals surface area contributed by atoms with Crippen LogP contribution < -0.4 is 10.0 Å². The number of rotatable bonds is 1. The highest BCUT2D eigenvalue weighted by molar-refractivity contribution is 7.69. The summed E-state index contributed by atoms with van der Waals surface area (Å²) in [6.45, 7) is 18.0. The van der Waals surface area contributed by atoms with Crippen molar-refractivity contribution in [3.05, 3.63) is 46.5 Å². The number of aryl methyl sites for hydroxylation is 1. The summed E-state index contributed by atoms with van der Waals surface area (Å²) in [5.41, 5.74) is 2.88. The Morgan fingerprint density at radius 2 is 1.76 bits per heavy atom. The summed E-state index contributed by atoms with van der Waals surface area (Å²) < 4.78 is 12.9. The highest BCUT2D eigenvalue weighted by Crippen LogP contribution is 2.64. The third-order valence-corrected chi connectivity index (χ3v) is 10.3. The molecule has 4 atom stereocenters. The Labute approximate surface area is 182 Å². The molecule has 162 valence electrons. The number of allylic oxidation sites excluding steroid dienone is 3. The highest BCUT2D eigenvalue weighted by Gasteiger charge is 2.49. The van der Waals surface area contributed by atoms with E-state index < -0.39 is 7.92 Å². The SMILES string of the molecule is C.CC(C)C.CC1=C2PC(C3Oc4cccc(C)c4P3C(C)(C)C)OC2=CCC1. The van der Waals surface area contributed by atoms with Crippen LogP contribution in [0.15, 0.2) is 40.9 Å². The maximum atomic E-state index is 6.51. The van der Waals surface area contributed by atoms with Crippen LogP contribution in [0.4, 0.5) is 0 Å². The average molecular weight is 435 g/mol. The van der Waals surface area contributed by atoms with Gasteiger partial charge in [0.1, 0.15) is 11.5 Å². The van der Waals surface area contributed by atoms with Crippen LogP contribution in [0.2, 0.25) is 0 Å². The lowest BCUT2D eigenvalue weighted by molar-refractivity contribution is 0.125. The molecule has 2 heterocycles. The first-order valence-corrected chi connectivity index (χ1v) is 13.0. The van der Waals surface area contributed by atoms with Gasteiger partial charge in [0, 0.05) is 10.6 Å². The zero-order valence-electron chi connectivity index (χ0n) is 18.7. The van der Waals surface area contributed by atoms with Crippen molar-refractivity contribution in [1.29, 1.82) is 0 Å². The Morgan fingerprint density at radius 3 is 2.34 bits per heavy atom. The van der Waals surface area contributed by atoms with Crippen LogP contribution in [-0.4, -0.2) is 16.8 Å². The Balaban J connectivity index is 0.000000552. The fourth-order valence-electron chi connectivity index (χ4n) is 3.86. The minimum absolute atomic E-state index is 0. The van der Waals surface area contributed by atoms with Gasteiger partial charge >= 0.3 is 0 Å². The molecule has 1 fully saturated rings. The smallest absolute Gasteiger partial charge is 0.162 e. The van der Waals surface area contributed by atoms with Crippen molar-refractivity contribution >= 4 is 21.8 Å². The number of hydrogen-bond donors (Lipinski definition) is 0. The van der Waals surface area contributed by atoms with Crippen LogP contribution in [0, 0.1) is 12.8 Å². The van der Waals surface area contributed by atoms with Gasteiger partial charge in [-0.15, -0.1) is 0 Å². The Kier molecular flexibility index (Phi) is 8.03. The zero-order chi connectivity index (χ0) is 20.6. The summed E-state index contributed by atoms with van der Waals surface area (Å²) in [4.78, 5) is 0. The van der Waals surface area contributed by atoms with Gasteiger partial charge in [-0.1, -0.05) is 66.7 Å². The summed E-state index contributed by atoms with van der Waals surface area (Å²) >= 11 is 0. The average Bonchev–Trinajstić information content (AvgIpc) is 3.16. The first-order chi connectivity index (χ1) is 13.1. The maximum absolute atomic E-state index is 6.51. The van der Waals surface area contributed by atoms with Gasteiger partial charge in [-0.3, -0.25) is 0 Å². The quantitative estimate of drug-likeness (QED) is 0.418. The summed E-state index contributed by atoms with van der Waals surface area (Å²) in [5, 5.41) is 3.12. The van der Waals surface area contributed by atoms with Crippen LogP contribution in [0.1, 0.15) is 74.3 Å². The molecule has 4 unspecified atom stereocenters. The lowest BCUT2D eigenvalue weighted by Gasteiger charge is -2.34. The second kappa shape index (κ2) is 9.53. The van der Waals surface area contributed by atoms with Gasteiger partial charge in [0.15, 0.2) is 11.7 Å². The van der Waals surface area contributed by atoms with Crippen molar-refractivity contribution in [2.75, 3.05) is 0 Å². The topological polar surface area (TPSA) is 18.5 Å². The molecule has 2 aliphatic heterocycles. The van der Waals surface area contributed by atoms with Crippen molar-refractivity contribution < 1.29 is 9.47 Å². The predicted octanol–water partition coefficient (Wildman–Crippen LogP) is 7.90. The molecule has 0 spiro atoms. The van der Waals surface area contributed by atoms with Crippen molar-refractivity contribution in [1.82, 2.24) is 0 Å². The fraction of sp³-hybridized carbons (Fsp3) is 0.600. The van der Waals surface area contributed by atoms with Gasteiger partial charge in [-0.2, -0.15) is 0 Å². The third-order valence-electron chi connectivity index (χ3n) is 4.99. The summed E-state index contributed by atoms with van der Waals surface area (Å²) in [5.74, 6) is 3.41. The molecule has 1 aromatic carbocycles. The number of hydrogen-bond acceptors (Lipinski definition) is 2. The molecule has 2 nitrogen and oxygen atoms in total. The predicted molar refractivity (Wildman–Crippen MR) is 132 cm³/mol. The first-order valence-electron chi connectivity index (χ1n) is 10.5. The molecule has 0 amide bonds. The molecule has 1 saturated heterocycles. The Hall–Kier alpha value is -0.840. The number of ether oxygens (including phenoxy) is 2. The molecule has 29 heavy (non-hydrogen) atoms. The van der Waals surface area contributed by atoms with Crippen molar-refractivity contribution in [3.63, 3.8) is 0 Å². The van der Waals surface area contributed by atoms with Gasteiger partial charge in [0.25, 0.3) is 0 Å². The molecule has 0 N–H and O–H groups in total. The normalized spacial score (nSPS) is 26.0. The minimum atomic E-state index is -0.429. The van der Waals surface area contributed by atoms with Crippen LogP contribution in [0.5, 0.6) is 5.75 Å². The third kappa shape index (κ3) is 5.26. The number of fused-ring (bicyclic) bond motifs is 2. The first kappa shape index (κ1) is 24.4. The molecule has 0 aromatic heterocycles. The van der Waals surface area contributed by atoms with E-state index in [1.165, 1.54) is 28.2 Å². The van der Waals surface area contributed by atoms with E-state index in [0.29, 0.717) is 8.58 Å². The maximum Gasteiger partial charge on any atom is 0.162 e. The fourth-order valence-corrected chi connectivity index (χ4v) is 8.94. The highest BCUT2D eigenvalue weighted by atomic mass is 31.1. The zero-order valence-corrected chi connectivity index (χ0v) is 20.6. The molecular formula is C25H40O2P2. The van der Waals surface area contributed by atoms with Gasteiger partial charge in [0.2, 0.25) is 0 Å². The minimum Gasteiger partial charge on any atom is -0.481 e. The van der Waals surface area contributed by atoms with E-state index in [0.717, 1.165) is 23.8 Å². The molecule has 1 aromatic rings. The molecule has 0 radical (unpaired) electrons. The molecule has 4 rings (SSSR count). The molecular weight excluding hydrogens is 394 g/mol. The molecule has 3 aliphatic rings. The largest absolute Gasteiger partial charge is 0.481 e. The molecule has 0 saturated carbocycles. The molecule has 0 bridgehead atoms. The van der Waals surface area contributed by atoms with Gasteiger partial charge in [-0.05, 0) is 72.0 Å². The summed E-state index contributed by atoms with van der Waals surface area (Å²) in [6, 6.07) is 6.47. The van der Waals surface area contributed by atoms with E-state index in [9.17, 15) is 0 Å². The van der Waals surface area contributed by atoms with Crippen molar-refractivity contribution in [2.45, 2.75) is 92.5 Å². The number of benzene rings is 1. The summed E-state index contributed by atoms with van der Waals surface area (Å²) in [7, 11) is 0.284. The van der Waals surface area contributed by atoms with E-state index in [1.54, 1.807) is 0 Å².